The smallest absolute Gasteiger partial charge is 0.272 e. The summed E-state index contributed by atoms with van der Waals surface area (Å²) in [7, 11) is 0. The van der Waals surface area contributed by atoms with E-state index in [1.54, 1.807) is 35.0 Å². The molecule has 0 aliphatic carbocycles. The molecule has 1 amide bonds. The molecule has 2 aromatic carbocycles. The van der Waals surface area contributed by atoms with Crippen molar-refractivity contribution in [1.29, 1.82) is 0 Å². The summed E-state index contributed by atoms with van der Waals surface area (Å²) in [5.41, 5.74) is 3.65. The summed E-state index contributed by atoms with van der Waals surface area (Å²) < 4.78 is 31.5. The summed E-state index contributed by atoms with van der Waals surface area (Å²) in [5.74, 6) is -0.128. The lowest BCUT2D eigenvalue weighted by molar-refractivity contribution is 0.101. The average Bonchev–Trinajstić information content (AvgIpc) is 3.47. The monoisotopic (exact) mass is 443 g/mol. The van der Waals surface area contributed by atoms with Crippen molar-refractivity contribution in [1.82, 2.24) is 19.1 Å². The van der Waals surface area contributed by atoms with Crippen LogP contribution in [-0.2, 0) is 19.5 Å². The normalized spacial score (nSPS) is 13.0. The molecule has 164 valence electrons. The number of carbonyl (C=O) groups excluding carboxylic acids is 1. The first-order valence-electron chi connectivity index (χ1n) is 10.7. The zero-order chi connectivity index (χ0) is 22.5. The van der Waals surface area contributed by atoms with Gasteiger partial charge in [-0.2, -0.15) is 0 Å². The number of nitrogens with one attached hydrogen (secondary N) is 1. The van der Waals surface area contributed by atoms with E-state index < -0.39 is 5.82 Å². The van der Waals surface area contributed by atoms with Crippen LogP contribution in [0.5, 0.6) is 0 Å². The molecular formula is C25H19F2N5O. The van der Waals surface area contributed by atoms with Crippen LogP contribution in [0.15, 0.2) is 60.8 Å². The van der Waals surface area contributed by atoms with Crippen LogP contribution in [0.2, 0.25) is 0 Å². The maximum Gasteiger partial charge on any atom is 0.272 e. The summed E-state index contributed by atoms with van der Waals surface area (Å²) in [6.45, 7) is 1.12. The summed E-state index contributed by atoms with van der Waals surface area (Å²) in [6, 6.07) is 14.0. The molecular weight excluding hydrogens is 424 g/mol. The quantitative estimate of drug-likeness (QED) is 0.429. The van der Waals surface area contributed by atoms with Gasteiger partial charge in [-0.05, 0) is 54.4 Å². The molecule has 4 heterocycles. The van der Waals surface area contributed by atoms with Crippen molar-refractivity contribution in [3.8, 4) is 0 Å². The highest BCUT2D eigenvalue weighted by molar-refractivity contribution is 6.06. The number of hydrogen-bond acceptors (Lipinski definition) is 3. The summed E-state index contributed by atoms with van der Waals surface area (Å²) in [4.78, 5) is 22.4. The van der Waals surface area contributed by atoms with Crippen molar-refractivity contribution in [3.63, 3.8) is 0 Å². The number of carbonyl (C=O) groups is 1. The molecule has 0 radical (unpaired) electrons. The lowest BCUT2D eigenvalue weighted by Gasteiger charge is -2.12. The Bertz CT molecular complexity index is 1550. The van der Waals surface area contributed by atoms with Gasteiger partial charge in [0.2, 0.25) is 0 Å². The third-order valence-corrected chi connectivity index (χ3v) is 6.03. The van der Waals surface area contributed by atoms with E-state index in [1.165, 1.54) is 24.3 Å². The van der Waals surface area contributed by atoms with Gasteiger partial charge in [0.25, 0.3) is 5.91 Å². The fourth-order valence-electron chi connectivity index (χ4n) is 4.55. The lowest BCUT2D eigenvalue weighted by Crippen LogP contribution is -2.17. The van der Waals surface area contributed by atoms with Gasteiger partial charge < -0.3 is 14.5 Å². The minimum absolute atomic E-state index is 0.221. The second-order valence-electron chi connectivity index (χ2n) is 8.25. The average molecular weight is 443 g/mol. The highest BCUT2D eigenvalue weighted by Crippen LogP contribution is 2.26. The number of imidazole rings is 1. The molecule has 6 rings (SSSR count). The standard InChI is InChI=1S/C25H19F2N5O/c26-17-4-1-3-15(9-17)14-32-21-11-18(27)7-6-16(21)10-22(32)25(33)29-19-12-20-24(28-13-19)31-8-2-5-23(31)30-20/h1,3-4,6-7,9-13H,2,5,8,14H2,(H,29,33). The van der Waals surface area contributed by atoms with E-state index in [2.05, 4.69) is 19.9 Å². The summed E-state index contributed by atoms with van der Waals surface area (Å²) in [5, 5.41) is 3.61. The van der Waals surface area contributed by atoms with Crippen molar-refractivity contribution in [2.75, 3.05) is 5.32 Å². The maximum atomic E-state index is 14.0. The van der Waals surface area contributed by atoms with Crippen LogP contribution in [0.3, 0.4) is 0 Å². The number of aryl methyl sites for hydroxylation is 2. The Morgan fingerprint density at radius 1 is 1.06 bits per heavy atom. The third kappa shape index (κ3) is 3.44. The van der Waals surface area contributed by atoms with Gasteiger partial charge in [-0.25, -0.2) is 18.7 Å². The van der Waals surface area contributed by atoms with Crippen LogP contribution in [0.25, 0.3) is 22.1 Å². The number of rotatable bonds is 4. The van der Waals surface area contributed by atoms with Crippen LogP contribution in [0.4, 0.5) is 14.5 Å². The fraction of sp³-hybridized carbons (Fsp3) is 0.160. The number of hydrogen-bond donors (Lipinski definition) is 1. The van der Waals surface area contributed by atoms with Gasteiger partial charge in [-0.3, -0.25) is 4.79 Å². The molecule has 8 heteroatoms. The van der Waals surface area contributed by atoms with Gasteiger partial charge in [0, 0.05) is 24.9 Å². The summed E-state index contributed by atoms with van der Waals surface area (Å²) in [6.07, 6.45) is 3.61. The highest BCUT2D eigenvalue weighted by atomic mass is 19.1. The Morgan fingerprint density at radius 3 is 2.82 bits per heavy atom. The predicted octanol–water partition coefficient (Wildman–Crippen LogP) is 4.91. The number of aromatic nitrogens is 4. The number of amides is 1. The molecule has 0 fully saturated rings. The van der Waals surface area contributed by atoms with Crippen molar-refractivity contribution in [3.05, 3.63) is 89.5 Å². The van der Waals surface area contributed by atoms with E-state index in [0.717, 1.165) is 41.8 Å². The molecule has 0 atom stereocenters. The molecule has 0 saturated heterocycles. The topological polar surface area (TPSA) is 64.7 Å². The molecule has 0 bridgehead atoms. The second-order valence-corrected chi connectivity index (χ2v) is 8.25. The molecule has 3 aromatic heterocycles. The van der Waals surface area contributed by atoms with E-state index in [0.29, 0.717) is 22.5 Å². The van der Waals surface area contributed by atoms with Crippen molar-refractivity contribution >= 4 is 33.7 Å². The maximum absolute atomic E-state index is 14.0. The molecule has 33 heavy (non-hydrogen) atoms. The number of pyridine rings is 1. The Hall–Kier alpha value is -4.07. The Morgan fingerprint density at radius 2 is 1.94 bits per heavy atom. The number of fused-ring (bicyclic) bond motifs is 4. The zero-order valence-electron chi connectivity index (χ0n) is 17.6. The van der Waals surface area contributed by atoms with Gasteiger partial charge in [-0.1, -0.05) is 12.1 Å². The van der Waals surface area contributed by atoms with Crippen LogP contribution in [0, 0.1) is 11.6 Å². The van der Waals surface area contributed by atoms with Crippen molar-refractivity contribution < 1.29 is 13.6 Å². The molecule has 1 aliphatic rings. The first-order chi connectivity index (χ1) is 16.0. The first kappa shape index (κ1) is 19.6. The van der Waals surface area contributed by atoms with E-state index in [1.807, 2.05) is 6.07 Å². The molecule has 0 saturated carbocycles. The van der Waals surface area contributed by atoms with Gasteiger partial charge in [0.1, 0.15) is 28.7 Å². The van der Waals surface area contributed by atoms with E-state index in [4.69, 9.17) is 0 Å². The number of benzene rings is 2. The van der Waals surface area contributed by atoms with Crippen LogP contribution in [0.1, 0.15) is 28.3 Å². The van der Waals surface area contributed by atoms with Crippen molar-refractivity contribution in [2.24, 2.45) is 0 Å². The van der Waals surface area contributed by atoms with Gasteiger partial charge in [-0.15, -0.1) is 0 Å². The number of halogens is 2. The van der Waals surface area contributed by atoms with Crippen molar-refractivity contribution in [2.45, 2.75) is 25.9 Å². The van der Waals surface area contributed by atoms with E-state index in [-0.39, 0.29) is 18.3 Å². The zero-order valence-corrected chi connectivity index (χ0v) is 17.6. The Kier molecular flexibility index (Phi) is 4.46. The van der Waals surface area contributed by atoms with Gasteiger partial charge in [0.15, 0.2) is 5.65 Å². The van der Waals surface area contributed by atoms with E-state index >= 15 is 0 Å². The third-order valence-electron chi connectivity index (χ3n) is 6.03. The minimum Gasteiger partial charge on any atom is -0.332 e. The number of nitrogens with zero attached hydrogens (tertiary/aromatic N) is 4. The molecule has 6 nitrogen and oxygen atoms in total. The fourth-order valence-corrected chi connectivity index (χ4v) is 4.55. The molecule has 0 unspecified atom stereocenters. The van der Waals surface area contributed by atoms with E-state index in [9.17, 15) is 13.6 Å². The SMILES string of the molecule is O=C(Nc1cnc2c(c1)nc1n2CCC1)c1cc2ccc(F)cc2n1Cc1cccc(F)c1. The van der Waals surface area contributed by atoms with Gasteiger partial charge >= 0.3 is 0 Å². The molecule has 0 spiro atoms. The molecule has 1 N–H and O–H groups in total. The molecule has 1 aliphatic heterocycles. The Balaban J connectivity index is 1.37. The first-order valence-corrected chi connectivity index (χ1v) is 10.7. The van der Waals surface area contributed by atoms with Crippen LogP contribution in [-0.4, -0.2) is 25.0 Å². The second kappa shape index (κ2) is 7.51. The largest absolute Gasteiger partial charge is 0.332 e. The minimum atomic E-state index is -0.407. The van der Waals surface area contributed by atoms with Gasteiger partial charge in [0.05, 0.1) is 17.4 Å². The summed E-state index contributed by atoms with van der Waals surface area (Å²) >= 11 is 0. The predicted molar refractivity (Wildman–Crippen MR) is 121 cm³/mol. The van der Waals surface area contributed by atoms with Crippen LogP contribution < -0.4 is 5.32 Å². The lowest BCUT2D eigenvalue weighted by atomic mass is 10.2. The van der Waals surface area contributed by atoms with Crippen LogP contribution >= 0.6 is 0 Å². The number of anilines is 1. The Labute approximate surface area is 187 Å². The highest BCUT2D eigenvalue weighted by Gasteiger charge is 2.20. The molecule has 5 aromatic rings.